The molecule has 0 spiro atoms. The summed E-state index contributed by atoms with van der Waals surface area (Å²) in [5.74, 6) is -0.296. The number of amides is 1. The van der Waals surface area contributed by atoms with E-state index in [2.05, 4.69) is 28.4 Å². The zero-order valence-corrected chi connectivity index (χ0v) is 21.6. The molecule has 0 saturated heterocycles. The Balaban J connectivity index is 1.68. The quantitative estimate of drug-likeness (QED) is 0.540. The molecule has 1 N–H and O–H groups in total. The first-order valence-corrected chi connectivity index (χ1v) is 12.2. The van der Waals surface area contributed by atoms with Crippen molar-refractivity contribution in [3.63, 3.8) is 0 Å². The second kappa shape index (κ2) is 8.95. The van der Waals surface area contributed by atoms with Crippen LogP contribution in [0.3, 0.4) is 0 Å². The highest BCUT2D eigenvalue weighted by atomic mass is 35.5. The van der Waals surface area contributed by atoms with Crippen LogP contribution in [0.1, 0.15) is 31.0 Å². The van der Waals surface area contributed by atoms with Crippen LogP contribution >= 0.6 is 11.6 Å². The SMILES string of the molecule is CCn1ncc2c3c(C(C)NC4=CC=C(Cl)N(C)C4=C4C=CC(=O)N=C4)cc(C)cc3c(=O)n(C)c21. The van der Waals surface area contributed by atoms with Gasteiger partial charge in [0, 0.05) is 60.7 Å². The normalized spacial score (nSPS) is 18.7. The molecule has 2 aromatic heterocycles. The Hall–Kier alpha value is -3.91. The number of likely N-dealkylation sites (N-methyl/N-ethyl adjacent to an activating group) is 1. The molecule has 8 nitrogen and oxygen atoms in total. The summed E-state index contributed by atoms with van der Waals surface area (Å²) in [5.41, 5.74) is 5.15. The van der Waals surface area contributed by atoms with Crippen molar-refractivity contribution < 1.29 is 4.79 Å². The highest BCUT2D eigenvalue weighted by Gasteiger charge is 2.24. The molecule has 2 aliphatic rings. The summed E-state index contributed by atoms with van der Waals surface area (Å²) in [6.07, 6.45) is 10.3. The van der Waals surface area contributed by atoms with E-state index in [0.717, 1.165) is 44.5 Å². The number of aliphatic imine (C=N–C) groups is 1. The highest BCUT2D eigenvalue weighted by Crippen LogP contribution is 2.34. The number of nitrogens with one attached hydrogen (secondary N) is 1. The second-order valence-corrected chi connectivity index (χ2v) is 9.45. The number of hydrogen-bond donors (Lipinski definition) is 1. The zero-order valence-electron chi connectivity index (χ0n) is 20.8. The number of carbonyl (C=O) groups is 1. The Bertz CT molecular complexity index is 1630. The topological polar surface area (TPSA) is 84.5 Å². The van der Waals surface area contributed by atoms with Gasteiger partial charge in [0.1, 0.15) is 10.8 Å². The molecule has 2 aliphatic heterocycles. The van der Waals surface area contributed by atoms with Gasteiger partial charge in [-0.3, -0.25) is 14.2 Å². The van der Waals surface area contributed by atoms with Crippen molar-refractivity contribution >= 4 is 45.5 Å². The van der Waals surface area contributed by atoms with Crippen molar-refractivity contribution in [3.05, 3.63) is 86.2 Å². The van der Waals surface area contributed by atoms with E-state index in [1.165, 1.54) is 6.08 Å². The lowest BCUT2D eigenvalue weighted by atomic mass is 9.95. The van der Waals surface area contributed by atoms with Crippen LogP contribution in [0.25, 0.3) is 21.8 Å². The number of halogens is 1. The van der Waals surface area contributed by atoms with Crippen molar-refractivity contribution in [1.29, 1.82) is 0 Å². The number of aromatic nitrogens is 3. The van der Waals surface area contributed by atoms with Gasteiger partial charge in [0.25, 0.3) is 11.5 Å². The Morgan fingerprint density at radius 2 is 1.89 bits per heavy atom. The number of dihydropyridines is 1. The van der Waals surface area contributed by atoms with Crippen LogP contribution in [0, 0.1) is 6.92 Å². The predicted molar refractivity (Wildman–Crippen MR) is 144 cm³/mol. The molecule has 9 heteroatoms. The van der Waals surface area contributed by atoms with E-state index in [0.29, 0.717) is 17.1 Å². The van der Waals surface area contributed by atoms with E-state index in [-0.39, 0.29) is 17.5 Å². The monoisotopic (exact) mass is 502 g/mol. The van der Waals surface area contributed by atoms with Crippen molar-refractivity contribution in [1.82, 2.24) is 24.6 Å². The Kier molecular flexibility index (Phi) is 5.92. The van der Waals surface area contributed by atoms with E-state index in [4.69, 9.17) is 11.6 Å². The molecule has 0 radical (unpaired) electrons. The van der Waals surface area contributed by atoms with E-state index in [1.54, 1.807) is 23.9 Å². The maximum atomic E-state index is 13.4. The number of fused-ring (bicyclic) bond motifs is 3. The van der Waals surface area contributed by atoms with Crippen LogP contribution in [0.4, 0.5) is 0 Å². The van der Waals surface area contributed by atoms with Crippen LogP contribution < -0.4 is 10.9 Å². The molecule has 4 heterocycles. The Morgan fingerprint density at radius 3 is 2.58 bits per heavy atom. The maximum Gasteiger partial charge on any atom is 0.269 e. The summed E-state index contributed by atoms with van der Waals surface area (Å²) in [7, 11) is 3.66. The summed E-state index contributed by atoms with van der Waals surface area (Å²) in [6, 6.07) is 3.89. The van der Waals surface area contributed by atoms with Gasteiger partial charge in [0.2, 0.25) is 0 Å². The molecular formula is C27H27ClN6O2. The molecule has 0 saturated carbocycles. The lowest BCUT2D eigenvalue weighted by molar-refractivity contribution is -0.113. The zero-order chi connectivity index (χ0) is 25.7. The predicted octanol–water partition coefficient (Wildman–Crippen LogP) is 4.20. The van der Waals surface area contributed by atoms with Crippen molar-refractivity contribution in [2.24, 2.45) is 12.0 Å². The van der Waals surface area contributed by atoms with Crippen LogP contribution in [0.2, 0.25) is 0 Å². The molecule has 1 amide bonds. The number of nitrogens with zero attached hydrogens (tertiary/aromatic N) is 5. The third-order valence-corrected chi connectivity index (χ3v) is 7.07. The van der Waals surface area contributed by atoms with Crippen molar-refractivity contribution in [3.8, 4) is 0 Å². The van der Waals surface area contributed by atoms with E-state index in [1.807, 2.05) is 54.9 Å². The molecule has 0 bridgehead atoms. The molecule has 184 valence electrons. The summed E-state index contributed by atoms with van der Waals surface area (Å²) in [4.78, 5) is 30.8. The largest absolute Gasteiger partial charge is 0.377 e. The van der Waals surface area contributed by atoms with Gasteiger partial charge >= 0.3 is 0 Å². The number of pyridine rings is 1. The third-order valence-electron chi connectivity index (χ3n) is 6.69. The minimum Gasteiger partial charge on any atom is -0.377 e. The third kappa shape index (κ3) is 3.78. The molecule has 0 fully saturated rings. The first-order chi connectivity index (χ1) is 17.2. The summed E-state index contributed by atoms with van der Waals surface area (Å²) >= 11 is 6.44. The second-order valence-electron chi connectivity index (χ2n) is 9.07. The molecule has 1 aromatic carbocycles. The van der Waals surface area contributed by atoms with Gasteiger partial charge in [0.15, 0.2) is 0 Å². The average Bonchev–Trinajstić information content (AvgIpc) is 3.29. The van der Waals surface area contributed by atoms with Gasteiger partial charge in [-0.2, -0.15) is 5.10 Å². The summed E-state index contributed by atoms with van der Waals surface area (Å²) < 4.78 is 3.53. The minimum absolute atomic E-state index is 0.0489. The minimum atomic E-state index is -0.296. The standard InChI is InChI=1S/C27H27ClN6O2/c1-6-34-26-20(14-30-34)24-18(11-15(2)12-19(24)27(36)33(26)5)16(3)31-21-8-9-22(28)32(4)25(21)17-7-10-23(35)29-13-17/h7-14,16,31H,6H2,1-5H3. The van der Waals surface area contributed by atoms with Gasteiger partial charge in [0.05, 0.1) is 17.6 Å². The van der Waals surface area contributed by atoms with Crippen LogP contribution in [0.5, 0.6) is 0 Å². The van der Waals surface area contributed by atoms with Gasteiger partial charge in [-0.15, -0.1) is 0 Å². The first kappa shape index (κ1) is 23.8. The van der Waals surface area contributed by atoms with Gasteiger partial charge < -0.3 is 10.2 Å². The number of benzene rings is 1. The lowest BCUT2D eigenvalue weighted by Gasteiger charge is -2.31. The fourth-order valence-electron chi connectivity index (χ4n) is 4.97. The van der Waals surface area contributed by atoms with Crippen LogP contribution in [0.15, 0.2) is 74.5 Å². The smallest absolute Gasteiger partial charge is 0.269 e. The number of allylic oxidation sites excluding steroid dienone is 4. The molecular weight excluding hydrogens is 476 g/mol. The summed E-state index contributed by atoms with van der Waals surface area (Å²) in [5, 5.41) is 11.2. The number of rotatable bonds is 4. The van der Waals surface area contributed by atoms with E-state index < -0.39 is 0 Å². The summed E-state index contributed by atoms with van der Waals surface area (Å²) in [6.45, 7) is 6.74. The van der Waals surface area contributed by atoms with E-state index >= 15 is 0 Å². The van der Waals surface area contributed by atoms with Gasteiger partial charge in [-0.05, 0) is 56.2 Å². The highest BCUT2D eigenvalue weighted by molar-refractivity contribution is 6.29. The van der Waals surface area contributed by atoms with Gasteiger partial charge in [-0.25, -0.2) is 9.67 Å². The van der Waals surface area contributed by atoms with Crippen molar-refractivity contribution in [2.45, 2.75) is 33.4 Å². The van der Waals surface area contributed by atoms with Crippen molar-refractivity contribution in [2.75, 3.05) is 7.05 Å². The molecule has 0 aliphatic carbocycles. The Labute approximate surface area is 213 Å². The van der Waals surface area contributed by atoms with E-state index in [9.17, 15) is 9.59 Å². The molecule has 5 rings (SSSR count). The van der Waals surface area contributed by atoms with Gasteiger partial charge in [-0.1, -0.05) is 17.7 Å². The molecule has 36 heavy (non-hydrogen) atoms. The molecule has 3 aromatic rings. The molecule has 1 atom stereocenters. The maximum absolute atomic E-state index is 13.4. The number of carbonyl (C=O) groups excluding carboxylic acids is 1. The average molecular weight is 503 g/mol. The number of hydrogen-bond acceptors (Lipinski definition) is 5. The molecule has 1 unspecified atom stereocenters. The van der Waals surface area contributed by atoms with Crippen LogP contribution in [-0.2, 0) is 18.4 Å². The fourth-order valence-corrected chi connectivity index (χ4v) is 5.12. The number of aryl methyl sites for hydroxylation is 3. The first-order valence-electron chi connectivity index (χ1n) is 11.8. The lowest BCUT2D eigenvalue weighted by Crippen LogP contribution is -2.30. The Morgan fingerprint density at radius 1 is 1.11 bits per heavy atom. The fraction of sp³-hybridized carbons (Fsp3) is 0.259. The van der Waals surface area contributed by atoms with Crippen LogP contribution in [-0.4, -0.2) is 38.4 Å².